The molecule has 2 rings (SSSR count). The molecule has 0 bridgehead atoms. The summed E-state index contributed by atoms with van der Waals surface area (Å²) in [5.41, 5.74) is -0.947. The molecule has 0 saturated carbocycles. The van der Waals surface area contributed by atoms with E-state index in [4.69, 9.17) is 4.74 Å². The Labute approximate surface area is 79.0 Å². The zero-order valence-electron chi connectivity index (χ0n) is 8.68. The zero-order valence-corrected chi connectivity index (χ0v) is 8.68. The van der Waals surface area contributed by atoms with Crippen LogP contribution < -0.4 is 0 Å². The molecule has 0 spiro atoms. The van der Waals surface area contributed by atoms with Gasteiger partial charge in [0.2, 0.25) is 0 Å². The molecule has 0 radical (unpaired) electrons. The third kappa shape index (κ3) is 0.798. The first-order chi connectivity index (χ1) is 5.86. The molecule has 1 heterocycles. The number of hydrogen-bond acceptors (Lipinski definition) is 2. The molecule has 2 atom stereocenters. The minimum Gasteiger partial charge on any atom is -0.349 e. The Balaban J connectivity index is 2.49. The highest BCUT2D eigenvalue weighted by Crippen LogP contribution is 2.63. The van der Waals surface area contributed by atoms with Crippen molar-refractivity contribution in [1.29, 1.82) is 0 Å². The second kappa shape index (κ2) is 2.06. The van der Waals surface area contributed by atoms with Gasteiger partial charge in [-0.25, -0.2) is 0 Å². The van der Waals surface area contributed by atoms with Crippen molar-refractivity contribution in [3.63, 3.8) is 0 Å². The van der Waals surface area contributed by atoms with Crippen molar-refractivity contribution in [3.05, 3.63) is 12.2 Å². The number of fused-ring (bicyclic) bond motifs is 1. The first kappa shape index (κ1) is 8.95. The lowest BCUT2D eigenvalue weighted by molar-refractivity contribution is -0.126. The van der Waals surface area contributed by atoms with E-state index >= 15 is 0 Å². The van der Waals surface area contributed by atoms with Crippen LogP contribution in [0.5, 0.6) is 0 Å². The summed E-state index contributed by atoms with van der Waals surface area (Å²) < 4.78 is 5.69. The summed E-state index contributed by atoms with van der Waals surface area (Å²) in [6, 6.07) is 0. The number of allylic oxidation sites excluding steroid dienone is 1. The van der Waals surface area contributed by atoms with Crippen LogP contribution in [0.1, 0.15) is 34.1 Å². The summed E-state index contributed by atoms with van der Waals surface area (Å²) in [6.07, 6.45) is 5.07. The highest BCUT2D eigenvalue weighted by atomic mass is 16.6. The molecule has 1 aliphatic carbocycles. The van der Waals surface area contributed by atoms with Crippen LogP contribution in [0.25, 0.3) is 0 Å². The van der Waals surface area contributed by atoms with Gasteiger partial charge in [-0.05, 0) is 20.3 Å². The van der Waals surface area contributed by atoms with Crippen LogP contribution in [0.2, 0.25) is 0 Å². The van der Waals surface area contributed by atoms with Crippen LogP contribution in [-0.4, -0.2) is 17.0 Å². The van der Waals surface area contributed by atoms with Gasteiger partial charge < -0.3 is 4.74 Å². The van der Waals surface area contributed by atoms with Gasteiger partial charge in [0.15, 0.2) is 11.4 Å². The molecule has 0 aromatic rings. The summed E-state index contributed by atoms with van der Waals surface area (Å²) in [7, 11) is 0. The van der Waals surface area contributed by atoms with E-state index in [1.54, 1.807) is 6.92 Å². The van der Waals surface area contributed by atoms with E-state index in [1.165, 1.54) is 0 Å². The van der Waals surface area contributed by atoms with Gasteiger partial charge in [0, 0.05) is 5.41 Å². The standard InChI is InChI=1S/C11H16O2/c1-8(12)11-9(2,3)6-5-7-10(11,4)13-11/h5,7H,6H2,1-4H3. The lowest BCUT2D eigenvalue weighted by atomic mass is 9.65. The second-order valence-electron chi connectivity index (χ2n) is 4.94. The third-order valence-electron chi connectivity index (χ3n) is 3.54. The van der Waals surface area contributed by atoms with E-state index in [2.05, 4.69) is 19.9 Å². The number of ketones is 1. The summed E-state index contributed by atoms with van der Waals surface area (Å²) in [4.78, 5) is 11.6. The molecule has 0 N–H and O–H groups in total. The largest absolute Gasteiger partial charge is 0.349 e. The van der Waals surface area contributed by atoms with Crippen LogP contribution in [0.4, 0.5) is 0 Å². The van der Waals surface area contributed by atoms with E-state index in [0.717, 1.165) is 6.42 Å². The predicted octanol–water partition coefficient (Wildman–Crippen LogP) is 2.09. The number of hydrogen-bond donors (Lipinski definition) is 0. The second-order valence-corrected chi connectivity index (χ2v) is 4.94. The maximum Gasteiger partial charge on any atom is 0.165 e. The molecular weight excluding hydrogens is 164 g/mol. The van der Waals surface area contributed by atoms with Crippen LogP contribution in [-0.2, 0) is 9.53 Å². The van der Waals surface area contributed by atoms with E-state index < -0.39 is 5.60 Å². The van der Waals surface area contributed by atoms with Gasteiger partial charge in [-0.3, -0.25) is 4.79 Å². The van der Waals surface area contributed by atoms with Gasteiger partial charge in [0.1, 0.15) is 5.60 Å². The van der Waals surface area contributed by atoms with Gasteiger partial charge in [-0.1, -0.05) is 26.0 Å². The number of Topliss-reactive ketones (excluding diaryl/α,β-unsaturated/α-hetero) is 1. The van der Waals surface area contributed by atoms with Crippen molar-refractivity contribution >= 4 is 5.78 Å². The van der Waals surface area contributed by atoms with Gasteiger partial charge in [0.25, 0.3) is 0 Å². The highest BCUT2D eigenvalue weighted by molar-refractivity contribution is 5.91. The van der Waals surface area contributed by atoms with Crippen LogP contribution in [0, 0.1) is 5.41 Å². The monoisotopic (exact) mass is 180 g/mol. The lowest BCUT2D eigenvalue weighted by Gasteiger charge is -2.33. The Kier molecular flexibility index (Phi) is 1.42. The molecule has 2 aliphatic rings. The molecule has 2 heteroatoms. The summed E-state index contributed by atoms with van der Waals surface area (Å²) in [5, 5.41) is 0. The topological polar surface area (TPSA) is 29.6 Å². The maximum atomic E-state index is 11.6. The van der Waals surface area contributed by atoms with Gasteiger partial charge in [0.05, 0.1) is 0 Å². The fourth-order valence-electron chi connectivity index (χ4n) is 2.87. The molecular formula is C11H16O2. The quantitative estimate of drug-likeness (QED) is 0.457. The zero-order chi connectivity index (χ0) is 9.91. The molecule has 2 nitrogen and oxygen atoms in total. The SMILES string of the molecule is CC(=O)C12OC1(C)C=CCC2(C)C. The molecule has 0 amide bonds. The maximum absolute atomic E-state index is 11.6. The van der Waals surface area contributed by atoms with Crippen LogP contribution >= 0.6 is 0 Å². The van der Waals surface area contributed by atoms with Gasteiger partial charge >= 0.3 is 0 Å². The van der Waals surface area contributed by atoms with E-state index in [0.29, 0.717) is 0 Å². The molecule has 72 valence electrons. The highest BCUT2D eigenvalue weighted by Gasteiger charge is 2.76. The number of rotatable bonds is 1. The Morgan fingerprint density at radius 2 is 2.00 bits per heavy atom. The van der Waals surface area contributed by atoms with Crippen molar-refractivity contribution < 1.29 is 9.53 Å². The number of epoxide rings is 1. The van der Waals surface area contributed by atoms with Crippen molar-refractivity contribution in [3.8, 4) is 0 Å². The van der Waals surface area contributed by atoms with E-state index in [-0.39, 0.29) is 16.8 Å². The van der Waals surface area contributed by atoms with Gasteiger partial charge in [-0.2, -0.15) is 0 Å². The smallest absolute Gasteiger partial charge is 0.165 e. The Hall–Kier alpha value is -0.630. The molecule has 0 aromatic heterocycles. The molecule has 13 heavy (non-hydrogen) atoms. The molecule has 1 saturated heterocycles. The normalized spacial score (nSPS) is 45.5. The molecule has 2 unspecified atom stereocenters. The third-order valence-corrected chi connectivity index (χ3v) is 3.54. The fourth-order valence-corrected chi connectivity index (χ4v) is 2.87. The summed E-state index contributed by atoms with van der Waals surface area (Å²) in [6.45, 7) is 7.82. The molecule has 1 aliphatic heterocycles. The molecule has 0 aromatic carbocycles. The number of carbonyl (C=O) groups excluding carboxylic acids is 1. The van der Waals surface area contributed by atoms with Crippen LogP contribution in [0.15, 0.2) is 12.2 Å². The first-order valence-electron chi connectivity index (χ1n) is 4.75. The fraction of sp³-hybridized carbons (Fsp3) is 0.727. The lowest BCUT2D eigenvalue weighted by Crippen LogP contribution is -2.45. The average molecular weight is 180 g/mol. The van der Waals surface area contributed by atoms with E-state index in [9.17, 15) is 4.79 Å². The predicted molar refractivity (Wildman–Crippen MR) is 50.4 cm³/mol. The molecule has 1 fully saturated rings. The van der Waals surface area contributed by atoms with Crippen molar-refractivity contribution in [2.24, 2.45) is 5.41 Å². The van der Waals surface area contributed by atoms with Crippen molar-refractivity contribution in [2.75, 3.05) is 0 Å². The first-order valence-corrected chi connectivity index (χ1v) is 4.75. The average Bonchev–Trinajstić information content (AvgIpc) is 2.58. The van der Waals surface area contributed by atoms with Gasteiger partial charge in [-0.15, -0.1) is 0 Å². The Bertz CT molecular complexity index is 303. The number of carbonyl (C=O) groups is 1. The number of ether oxygens (including phenoxy) is 1. The minimum absolute atomic E-state index is 0.0671. The van der Waals surface area contributed by atoms with E-state index in [1.807, 2.05) is 13.0 Å². The summed E-state index contributed by atoms with van der Waals surface area (Å²) in [5.74, 6) is 0.157. The van der Waals surface area contributed by atoms with Crippen molar-refractivity contribution in [2.45, 2.75) is 45.3 Å². The Morgan fingerprint density at radius 1 is 1.38 bits per heavy atom. The van der Waals surface area contributed by atoms with Crippen LogP contribution in [0.3, 0.4) is 0 Å². The minimum atomic E-state index is -0.547. The Morgan fingerprint density at radius 3 is 2.38 bits per heavy atom. The van der Waals surface area contributed by atoms with Crippen molar-refractivity contribution in [1.82, 2.24) is 0 Å². The summed E-state index contributed by atoms with van der Waals surface area (Å²) >= 11 is 0.